The van der Waals surface area contributed by atoms with E-state index >= 15 is 0 Å². The summed E-state index contributed by atoms with van der Waals surface area (Å²) in [6, 6.07) is 8.11. The minimum atomic E-state index is -2.61. The predicted octanol–water partition coefficient (Wildman–Crippen LogP) is 3.17. The Morgan fingerprint density at radius 2 is 1.87 bits per heavy atom. The minimum absolute atomic E-state index is 0. The Kier molecular flexibility index (Phi) is 4.05. The Morgan fingerprint density at radius 1 is 1.20 bits per heavy atom. The molecule has 15 heavy (non-hydrogen) atoms. The highest BCUT2D eigenvalue weighted by Crippen LogP contribution is 2.37. The summed E-state index contributed by atoms with van der Waals surface area (Å²) in [5, 5.41) is 2.88. The Hall–Kier alpha value is -0.670. The van der Waals surface area contributed by atoms with Crippen LogP contribution in [0.2, 0.25) is 0 Å². The second kappa shape index (κ2) is 4.90. The van der Waals surface area contributed by atoms with Crippen molar-refractivity contribution < 1.29 is 8.78 Å². The van der Waals surface area contributed by atoms with Crippen LogP contribution in [0.4, 0.5) is 8.78 Å². The first-order valence-corrected chi connectivity index (χ1v) is 4.86. The highest BCUT2D eigenvalue weighted by atomic mass is 35.5. The topological polar surface area (TPSA) is 12.0 Å². The maximum absolute atomic E-state index is 13.5. The molecule has 0 saturated carbocycles. The molecule has 0 amide bonds. The standard InChI is InChI=1S/C11H13F2N.ClH/c12-11(13)7-4-8-14-10(11)9-5-2-1-3-6-9;/h1-3,5-6,10,14H,4,7-8H2;1H. The molecule has 1 aromatic rings. The van der Waals surface area contributed by atoms with E-state index in [2.05, 4.69) is 5.32 Å². The van der Waals surface area contributed by atoms with E-state index in [1.54, 1.807) is 24.3 Å². The molecule has 1 aliphatic rings. The van der Waals surface area contributed by atoms with Gasteiger partial charge >= 0.3 is 0 Å². The summed E-state index contributed by atoms with van der Waals surface area (Å²) in [6.07, 6.45) is 0.538. The smallest absolute Gasteiger partial charge is 0.267 e. The highest BCUT2D eigenvalue weighted by molar-refractivity contribution is 5.85. The number of benzene rings is 1. The van der Waals surface area contributed by atoms with Gasteiger partial charge in [0.2, 0.25) is 0 Å². The normalized spacial score (nSPS) is 24.3. The second-order valence-electron chi connectivity index (χ2n) is 3.66. The quantitative estimate of drug-likeness (QED) is 0.786. The summed E-state index contributed by atoms with van der Waals surface area (Å²) in [5.41, 5.74) is 0.678. The zero-order valence-corrected chi connectivity index (χ0v) is 9.07. The van der Waals surface area contributed by atoms with Crippen LogP contribution in [0.25, 0.3) is 0 Å². The number of nitrogens with one attached hydrogen (secondary N) is 1. The SMILES string of the molecule is Cl.FC1(F)CCCNC1c1ccccc1. The average molecular weight is 234 g/mol. The molecule has 0 aromatic heterocycles. The lowest BCUT2D eigenvalue weighted by atomic mass is 9.94. The predicted molar refractivity (Wildman–Crippen MR) is 58.6 cm³/mol. The number of halogens is 3. The molecule has 84 valence electrons. The fourth-order valence-electron chi connectivity index (χ4n) is 1.87. The van der Waals surface area contributed by atoms with Gasteiger partial charge in [0.1, 0.15) is 0 Å². The molecule has 0 radical (unpaired) electrons. The number of hydrogen-bond acceptors (Lipinski definition) is 1. The van der Waals surface area contributed by atoms with E-state index in [4.69, 9.17) is 0 Å². The summed E-state index contributed by atoms with van der Waals surface area (Å²) in [5.74, 6) is -2.61. The van der Waals surface area contributed by atoms with Crippen molar-refractivity contribution in [3.05, 3.63) is 35.9 Å². The van der Waals surface area contributed by atoms with Gasteiger partial charge in [-0.3, -0.25) is 0 Å². The van der Waals surface area contributed by atoms with Crippen LogP contribution < -0.4 is 5.32 Å². The molecule has 1 aliphatic heterocycles. The minimum Gasteiger partial charge on any atom is -0.305 e. The van der Waals surface area contributed by atoms with E-state index < -0.39 is 12.0 Å². The van der Waals surface area contributed by atoms with Gasteiger partial charge in [0.25, 0.3) is 5.92 Å². The maximum atomic E-state index is 13.5. The van der Waals surface area contributed by atoms with Crippen molar-refractivity contribution in [3.63, 3.8) is 0 Å². The molecule has 4 heteroatoms. The average Bonchev–Trinajstić information content (AvgIpc) is 2.18. The summed E-state index contributed by atoms with van der Waals surface area (Å²) in [6.45, 7) is 0.676. The molecule has 1 atom stereocenters. The zero-order valence-electron chi connectivity index (χ0n) is 8.25. The van der Waals surface area contributed by atoms with Crippen LogP contribution >= 0.6 is 12.4 Å². The molecule has 1 nitrogen and oxygen atoms in total. The second-order valence-corrected chi connectivity index (χ2v) is 3.66. The van der Waals surface area contributed by atoms with Gasteiger partial charge in [-0.25, -0.2) is 8.78 Å². The maximum Gasteiger partial charge on any atom is 0.267 e. The van der Waals surface area contributed by atoms with Crippen LogP contribution in [-0.4, -0.2) is 12.5 Å². The van der Waals surface area contributed by atoms with Gasteiger partial charge in [-0.1, -0.05) is 30.3 Å². The van der Waals surface area contributed by atoms with Gasteiger partial charge in [0, 0.05) is 6.42 Å². The van der Waals surface area contributed by atoms with Crippen LogP contribution in [0, 0.1) is 0 Å². The molecule has 2 rings (SSSR count). The molecule has 1 heterocycles. The third kappa shape index (κ3) is 2.67. The first kappa shape index (κ1) is 12.4. The Balaban J connectivity index is 0.00000112. The molecule has 0 bridgehead atoms. The fraction of sp³-hybridized carbons (Fsp3) is 0.455. The molecule has 1 unspecified atom stereocenters. The zero-order chi connectivity index (χ0) is 10.0. The Morgan fingerprint density at radius 3 is 2.47 bits per heavy atom. The van der Waals surface area contributed by atoms with Gasteiger partial charge in [-0.2, -0.15) is 0 Å². The number of rotatable bonds is 1. The molecule has 1 saturated heterocycles. The Labute approximate surface area is 94.3 Å². The molecule has 1 aromatic carbocycles. The lowest BCUT2D eigenvalue weighted by molar-refractivity contribution is -0.0619. The van der Waals surface area contributed by atoms with Crippen LogP contribution in [-0.2, 0) is 0 Å². The summed E-state index contributed by atoms with van der Waals surface area (Å²) >= 11 is 0. The van der Waals surface area contributed by atoms with Crippen molar-refractivity contribution in [3.8, 4) is 0 Å². The van der Waals surface area contributed by atoms with E-state index in [0.717, 1.165) is 0 Å². The Bertz CT molecular complexity index is 303. The highest BCUT2D eigenvalue weighted by Gasteiger charge is 2.41. The summed E-state index contributed by atoms with van der Waals surface area (Å²) < 4.78 is 27.0. The molecular weight excluding hydrogens is 220 g/mol. The van der Waals surface area contributed by atoms with Crippen molar-refractivity contribution in [2.24, 2.45) is 0 Å². The van der Waals surface area contributed by atoms with Crippen LogP contribution in [0.5, 0.6) is 0 Å². The van der Waals surface area contributed by atoms with Gasteiger partial charge in [0.15, 0.2) is 0 Å². The van der Waals surface area contributed by atoms with Gasteiger partial charge in [-0.15, -0.1) is 12.4 Å². The van der Waals surface area contributed by atoms with Crippen LogP contribution in [0.3, 0.4) is 0 Å². The monoisotopic (exact) mass is 233 g/mol. The molecule has 0 spiro atoms. The number of alkyl halides is 2. The van der Waals surface area contributed by atoms with Crippen molar-refractivity contribution in [1.82, 2.24) is 5.32 Å². The van der Waals surface area contributed by atoms with E-state index in [-0.39, 0.29) is 18.8 Å². The first-order chi connectivity index (χ1) is 6.70. The first-order valence-electron chi connectivity index (χ1n) is 4.86. The van der Waals surface area contributed by atoms with Gasteiger partial charge in [0.05, 0.1) is 6.04 Å². The lowest BCUT2D eigenvalue weighted by Crippen LogP contribution is -2.42. The summed E-state index contributed by atoms with van der Waals surface area (Å²) in [4.78, 5) is 0. The van der Waals surface area contributed by atoms with Crippen molar-refractivity contribution in [2.75, 3.05) is 6.54 Å². The largest absolute Gasteiger partial charge is 0.305 e. The molecule has 0 aliphatic carbocycles. The van der Waals surface area contributed by atoms with Gasteiger partial charge < -0.3 is 5.32 Å². The third-order valence-electron chi connectivity index (χ3n) is 2.59. The van der Waals surface area contributed by atoms with Crippen molar-refractivity contribution in [2.45, 2.75) is 24.8 Å². The third-order valence-corrected chi connectivity index (χ3v) is 2.59. The van der Waals surface area contributed by atoms with Gasteiger partial charge in [-0.05, 0) is 18.5 Å². The van der Waals surface area contributed by atoms with Crippen molar-refractivity contribution >= 4 is 12.4 Å². The number of piperidine rings is 1. The van der Waals surface area contributed by atoms with Crippen LogP contribution in [0.15, 0.2) is 30.3 Å². The molecular formula is C11H14ClF2N. The molecule has 1 N–H and O–H groups in total. The van der Waals surface area contributed by atoms with E-state index in [0.29, 0.717) is 18.5 Å². The van der Waals surface area contributed by atoms with Crippen LogP contribution in [0.1, 0.15) is 24.4 Å². The van der Waals surface area contributed by atoms with Crippen molar-refractivity contribution in [1.29, 1.82) is 0 Å². The van der Waals surface area contributed by atoms with E-state index in [9.17, 15) is 8.78 Å². The van der Waals surface area contributed by atoms with E-state index in [1.807, 2.05) is 6.07 Å². The number of hydrogen-bond donors (Lipinski definition) is 1. The fourth-order valence-corrected chi connectivity index (χ4v) is 1.87. The summed E-state index contributed by atoms with van der Waals surface area (Å²) in [7, 11) is 0. The lowest BCUT2D eigenvalue weighted by Gasteiger charge is -2.32. The molecule has 1 fully saturated rings. The van der Waals surface area contributed by atoms with E-state index in [1.165, 1.54) is 0 Å².